The lowest BCUT2D eigenvalue weighted by atomic mass is 10.0. The van der Waals surface area contributed by atoms with E-state index in [0.717, 1.165) is 24.0 Å². The van der Waals surface area contributed by atoms with Crippen molar-refractivity contribution in [3.8, 4) is 0 Å². The molecule has 0 aliphatic heterocycles. The highest BCUT2D eigenvalue weighted by Gasteiger charge is 2.09. The summed E-state index contributed by atoms with van der Waals surface area (Å²) < 4.78 is 1.44. The van der Waals surface area contributed by atoms with Gasteiger partial charge in [0.2, 0.25) is 0 Å². The first-order chi connectivity index (χ1) is 9.60. The van der Waals surface area contributed by atoms with E-state index in [9.17, 15) is 9.90 Å². The molecule has 2 rings (SSSR count). The zero-order valence-electron chi connectivity index (χ0n) is 11.9. The Morgan fingerprint density at radius 1 is 1.30 bits per heavy atom. The average Bonchev–Trinajstić information content (AvgIpc) is 2.44. The van der Waals surface area contributed by atoms with Gasteiger partial charge in [0.25, 0.3) is 0 Å². The molecule has 0 amide bonds. The third-order valence-corrected chi connectivity index (χ3v) is 3.26. The van der Waals surface area contributed by atoms with E-state index in [4.69, 9.17) is 0 Å². The van der Waals surface area contributed by atoms with Gasteiger partial charge in [-0.05, 0) is 30.0 Å². The molecule has 1 aromatic carbocycles. The van der Waals surface area contributed by atoms with Crippen LogP contribution in [0.2, 0.25) is 0 Å². The Kier molecular flexibility index (Phi) is 4.69. The van der Waals surface area contributed by atoms with Crippen LogP contribution in [0.25, 0.3) is 0 Å². The maximum Gasteiger partial charge on any atom is 0.347 e. The molecule has 0 saturated carbocycles. The average molecular weight is 272 g/mol. The molecular formula is C16H20N2O2. The van der Waals surface area contributed by atoms with Crippen LogP contribution < -0.4 is 5.69 Å². The maximum atomic E-state index is 11.6. The summed E-state index contributed by atoms with van der Waals surface area (Å²) in [4.78, 5) is 15.4. The van der Waals surface area contributed by atoms with Gasteiger partial charge < -0.3 is 5.11 Å². The van der Waals surface area contributed by atoms with Crippen LogP contribution in [0.15, 0.2) is 41.5 Å². The minimum Gasteiger partial charge on any atom is -0.387 e. The molecule has 2 aromatic rings. The van der Waals surface area contributed by atoms with Gasteiger partial charge >= 0.3 is 5.69 Å². The summed E-state index contributed by atoms with van der Waals surface area (Å²) in [6.45, 7) is 4.23. The zero-order valence-corrected chi connectivity index (χ0v) is 11.9. The predicted octanol–water partition coefficient (Wildman–Crippen LogP) is 2.24. The number of aryl methyl sites for hydroxylation is 2. The summed E-state index contributed by atoms with van der Waals surface area (Å²) >= 11 is 0. The van der Waals surface area contributed by atoms with Crippen molar-refractivity contribution >= 4 is 0 Å². The lowest BCUT2D eigenvalue weighted by molar-refractivity contribution is 0.154. The smallest absolute Gasteiger partial charge is 0.347 e. The Balaban J connectivity index is 2.13. The second kappa shape index (κ2) is 6.48. The van der Waals surface area contributed by atoms with Crippen molar-refractivity contribution in [2.24, 2.45) is 0 Å². The van der Waals surface area contributed by atoms with Crippen LogP contribution >= 0.6 is 0 Å². The number of nitrogens with zero attached hydrogens (tertiary/aromatic N) is 2. The van der Waals surface area contributed by atoms with Gasteiger partial charge in [0.05, 0.1) is 12.6 Å². The molecule has 106 valence electrons. The van der Waals surface area contributed by atoms with E-state index in [0.29, 0.717) is 0 Å². The van der Waals surface area contributed by atoms with Gasteiger partial charge in [-0.3, -0.25) is 4.57 Å². The Bertz CT molecular complexity index is 617. The highest BCUT2D eigenvalue weighted by atomic mass is 16.3. The Morgan fingerprint density at radius 3 is 2.65 bits per heavy atom. The standard InChI is InChI=1S/C16H20N2O2/c1-3-4-13-5-7-14(8-6-13)15(19)11-18-10-12(2)9-17-16(18)20/h5-10,15,19H,3-4,11H2,1-2H3. The van der Waals surface area contributed by atoms with E-state index in [1.807, 2.05) is 31.2 Å². The summed E-state index contributed by atoms with van der Waals surface area (Å²) in [5.41, 5.74) is 2.64. The number of aromatic nitrogens is 2. The predicted molar refractivity (Wildman–Crippen MR) is 78.6 cm³/mol. The number of hydrogen-bond acceptors (Lipinski definition) is 3. The van der Waals surface area contributed by atoms with Gasteiger partial charge in [0.15, 0.2) is 0 Å². The third-order valence-electron chi connectivity index (χ3n) is 3.26. The highest BCUT2D eigenvalue weighted by molar-refractivity contribution is 5.24. The number of aliphatic hydroxyl groups is 1. The minimum absolute atomic E-state index is 0.223. The van der Waals surface area contributed by atoms with Gasteiger partial charge in [-0.2, -0.15) is 0 Å². The highest BCUT2D eigenvalue weighted by Crippen LogP contribution is 2.16. The van der Waals surface area contributed by atoms with E-state index in [1.54, 1.807) is 6.20 Å². The zero-order chi connectivity index (χ0) is 14.5. The van der Waals surface area contributed by atoms with Crippen LogP contribution in [0.4, 0.5) is 0 Å². The molecule has 0 spiro atoms. The summed E-state index contributed by atoms with van der Waals surface area (Å²) in [6.07, 6.45) is 4.69. The number of aliphatic hydroxyl groups excluding tert-OH is 1. The van der Waals surface area contributed by atoms with E-state index < -0.39 is 6.10 Å². The molecule has 20 heavy (non-hydrogen) atoms. The molecule has 1 aromatic heterocycles. The van der Waals surface area contributed by atoms with Crippen molar-refractivity contribution in [2.75, 3.05) is 0 Å². The fourth-order valence-electron chi connectivity index (χ4n) is 2.18. The molecule has 1 heterocycles. The monoisotopic (exact) mass is 272 g/mol. The number of benzene rings is 1. The van der Waals surface area contributed by atoms with Gasteiger partial charge in [-0.1, -0.05) is 37.6 Å². The summed E-state index contributed by atoms with van der Waals surface area (Å²) in [7, 11) is 0. The molecule has 4 heteroatoms. The second-order valence-electron chi connectivity index (χ2n) is 5.07. The van der Waals surface area contributed by atoms with E-state index in [-0.39, 0.29) is 12.2 Å². The van der Waals surface area contributed by atoms with Crippen LogP contribution in [-0.4, -0.2) is 14.7 Å². The molecule has 0 saturated heterocycles. The largest absolute Gasteiger partial charge is 0.387 e. The Morgan fingerprint density at radius 2 is 2.00 bits per heavy atom. The summed E-state index contributed by atoms with van der Waals surface area (Å²) in [5, 5.41) is 10.2. The molecule has 0 bridgehead atoms. The molecule has 4 nitrogen and oxygen atoms in total. The number of hydrogen-bond donors (Lipinski definition) is 1. The van der Waals surface area contributed by atoms with Gasteiger partial charge in [0, 0.05) is 12.4 Å². The van der Waals surface area contributed by atoms with Crippen LogP contribution in [0.3, 0.4) is 0 Å². The number of rotatable bonds is 5. The quantitative estimate of drug-likeness (QED) is 0.908. The van der Waals surface area contributed by atoms with Crippen LogP contribution in [-0.2, 0) is 13.0 Å². The third kappa shape index (κ3) is 3.54. The second-order valence-corrected chi connectivity index (χ2v) is 5.07. The fraction of sp³-hybridized carbons (Fsp3) is 0.375. The van der Waals surface area contributed by atoms with Crippen molar-refractivity contribution in [2.45, 2.75) is 39.3 Å². The maximum absolute atomic E-state index is 11.6. The van der Waals surface area contributed by atoms with E-state index in [1.165, 1.54) is 16.3 Å². The minimum atomic E-state index is -0.702. The first-order valence-electron chi connectivity index (χ1n) is 6.90. The first kappa shape index (κ1) is 14.5. The molecule has 0 aliphatic carbocycles. The Hall–Kier alpha value is -1.94. The molecule has 1 atom stereocenters. The summed E-state index contributed by atoms with van der Waals surface area (Å²) in [6, 6.07) is 7.90. The van der Waals surface area contributed by atoms with E-state index >= 15 is 0 Å². The van der Waals surface area contributed by atoms with Crippen molar-refractivity contribution in [1.29, 1.82) is 0 Å². The van der Waals surface area contributed by atoms with Crippen LogP contribution in [0.1, 0.15) is 36.1 Å². The van der Waals surface area contributed by atoms with Crippen molar-refractivity contribution in [1.82, 2.24) is 9.55 Å². The normalized spacial score (nSPS) is 12.3. The van der Waals surface area contributed by atoms with E-state index in [2.05, 4.69) is 11.9 Å². The fourth-order valence-corrected chi connectivity index (χ4v) is 2.18. The van der Waals surface area contributed by atoms with Gasteiger partial charge in [-0.25, -0.2) is 9.78 Å². The van der Waals surface area contributed by atoms with Crippen molar-refractivity contribution < 1.29 is 5.11 Å². The lowest BCUT2D eigenvalue weighted by Gasteiger charge is -2.13. The molecule has 1 unspecified atom stereocenters. The molecule has 0 fully saturated rings. The first-order valence-corrected chi connectivity index (χ1v) is 6.90. The Labute approximate surface area is 118 Å². The van der Waals surface area contributed by atoms with Crippen molar-refractivity contribution in [3.63, 3.8) is 0 Å². The van der Waals surface area contributed by atoms with Crippen LogP contribution in [0, 0.1) is 6.92 Å². The van der Waals surface area contributed by atoms with Crippen molar-refractivity contribution in [3.05, 3.63) is 63.8 Å². The van der Waals surface area contributed by atoms with Gasteiger partial charge in [0.1, 0.15) is 0 Å². The molecule has 0 aliphatic rings. The lowest BCUT2D eigenvalue weighted by Crippen LogP contribution is -2.25. The van der Waals surface area contributed by atoms with Gasteiger partial charge in [-0.15, -0.1) is 0 Å². The SMILES string of the molecule is CCCc1ccc(C(O)Cn2cc(C)cnc2=O)cc1. The topological polar surface area (TPSA) is 55.1 Å². The van der Waals surface area contributed by atoms with Crippen LogP contribution in [0.5, 0.6) is 0 Å². The molecular weight excluding hydrogens is 252 g/mol. The molecule has 0 radical (unpaired) electrons. The molecule has 1 N–H and O–H groups in total. The summed E-state index contributed by atoms with van der Waals surface area (Å²) in [5.74, 6) is 0.